The summed E-state index contributed by atoms with van der Waals surface area (Å²) in [6, 6.07) is 7.14. The van der Waals surface area contributed by atoms with Gasteiger partial charge >= 0.3 is 0 Å². The van der Waals surface area contributed by atoms with Crippen molar-refractivity contribution in [3.05, 3.63) is 24.3 Å². The zero-order valence-corrected chi connectivity index (χ0v) is 11.6. The Kier molecular flexibility index (Phi) is 4.03. The molecular weight excluding hydrogens is 236 g/mol. The first kappa shape index (κ1) is 13.8. The summed E-state index contributed by atoms with van der Waals surface area (Å²) in [6.07, 6.45) is 0. The zero-order valence-electron chi connectivity index (χ0n) is 10.7. The van der Waals surface area contributed by atoms with Gasteiger partial charge in [-0.1, -0.05) is 20.8 Å². The minimum absolute atomic E-state index is 0.105. The van der Waals surface area contributed by atoms with Gasteiger partial charge in [0, 0.05) is 18.4 Å². The van der Waals surface area contributed by atoms with E-state index in [-0.39, 0.29) is 11.2 Å². The van der Waals surface area contributed by atoms with Gasteiger partial charge in [-0.25, -0.2) is 8.42 Å². The highest BCUT2D eigenvalue weighted by Crippen LogP contribution is 2.19. The number of hydrogen-bond donors (Lipinski definition) is 2. The van der Waals surface area contributed by atoms with E-state index in [0.29, 0.717) is 5.69 Å². The molecule has 0 fully saturated rings. The van der Waals surface area contributed by atoms with Crippen LogP contribution in [0.25, 0.3) is 0 Å². The molecule has 1 aromatic rings. The van der Waals surface area contributed by atoms with E-state index in [1.807, 2.05) is 40.0 Å². The molecular formula is C12H20N2O2S. The summed E-state index contributed by atoms with van der Waals surface area (Å²) in [4.78, 5) is 0. The van der Waals surface area contributed by atoms with Crippen LogP contribution in [0, 0.1) is 5.41 Å². The first-order valence-corrected chi connectivity index (χ1v) is 7.15. The van der Waals surface area contributed by atoms with Crippen LogP contribution in [0.4, 0.5) is 11.4 Å². The second-order valence-electron chi connectivity index (χ2n) is 5.25. The van der Waals surface area contributed by atoms with Crippen molar-refractivity contribution in [1.29, 1.82) is 0 Å². The predicted molar refractivity (Wildman–Crippen MR) is 72.9 cm³/mol. The third-order valence-corrected chi connectivity index (χ3v) is 3.86. The van der Waals surface area contributed by atoms with Crippen molar-refractivity contribution in [3.8, 4) is 0 Å². The standard InChI is InChI=1S/C12H20N2O2S/c1-12(2,3)9-17(15,16)14-11-7-5-10(13-4)6-8-11/h5-8,13-14H,9H2,1-4H3. The molecule has 0 amide bonds. The van der Waals surface area contributed by atoms with E-state index >= 15 is 0 Å². The third-order valence-electron chi connectivity index (χ3n) is 2.07. The highest BCUT2D eigenvalue weighted by Gasteiger charge is 2.21. The summed E-state index contributed by atoms with van der Waals surface area (Å²) in [6.45, 7) is 5.70. The number of hydrogen-bond acceptors (Lipinski definition) is 3. The molecule has 0 aliphatic carbocycles. The van der Waals surface area contributed by atoms with Crippen LogP contribution in [-0.4, -0.2) is 21.2 Å². The molecule has 96 valence electrons. The van der Waals surface area contributed by atoms with E-state index in [4.69, 9.17) is 0 Å². The van der Waals surface area contributed by atoms with E-state index in [9.17, 15) is 8.42 Å². The van der Waals surface area contributed by atoms with E-state index in [1.54, 1.807) is 12.1 Å². The highest BCUT2D eigenvalue weighted by atomic mass is 32.2. The Bertz CT molecular complexity index is 458. The number of sulfonamides is 1. The Balaban J connectivity index is 2.76. The summed E-state index contributed by atoms with van der Waals surface area (Å²) in [5, 5.41) is 2.98. The van der Waals surface area contributed by atoms with Crippen LogP contribution in [-0.2, 0) is 10.0 Å². The van der Waals surface area contributed by atoms with Crippen molar-refractivity contribution in [3.63, 3.8) is 0 Å². The normalized spacial score (nSPS) is 12.2. The van der Waals surface area contributed by atoms with Gasteiger partial charge in [-0.3, -0.25) is 4.72 Å². The second-order valence-corrected chi connectivity index (χ2v) is 6.97. The molecule has 0 aliphatic rings. The molecule has 0 aliphatic heterocycles. The van der Waals surface area contributed by atoms with E-state index in [0.717, 1.165) is 5.69 Å². The topological polar surface area (TPSA) is 58.2 Å². The molecule has 17 heavy (non-hydrogen) atoms. The maximum Gasteiger partial charge on any atom is 0.233 e. The van der Waals surface area contributed by atoms with E-state index < -0.39 is 10.0 Å². The first-order valence-electron chi connectivity index (χ1n) is 5.50. The smallest absolute Gasteiger partial charge is 0.233 e. The van der Waals surface area contributed by atoms with Crippen LogP contribution >= 0.6 is 0 Å². The molecule has 1 rings (SSSR count). The molecule has 0 aromatic heterocycles. The van der Waals surface area contributed by atoms with Crippen LogP contribution in [0.3, 0.4) is 0 Å². The number of nitrogens with one attached hydrogen (secondary N) is 2. The number of rotatable bonds is 4. The van der Waals surface area contributed by atoms with Crippen molar-refractivity contribution in [2.75, 3.05) is 22.8 Å². The SMILES string of the molecule is CNc1ccc(NS(=O)(=O)CC(C)(C)C)cc1. The molecule has 0 atom stereocenters. The fourth-order valence-electron chi connectivity index (χ4n) is 1.49. The Morgan fingerprint density at radius 3 is 1.94 bits per heavy atom. The maximum atomic E-state index is 11.8. The van der Waals surface area contributed by atoms with Crippen molar-refractivity contribution >= 4 is 21.4 Å². The lowest BCUT2D eigenvalue weighted by Gasteiger charge is -2.18. The first-order chi connectivity index (χ1) is 7.72. The van der Waals surface area contributed by atoms with Crippen LogP contribution < -0.4 is 10.0 Å². The molecule has 5 heteroatoms. The van der Waals surface area contributed by atoms with Crippen LogP contribution in [0.15, 0.2) is 24.3 Å². The molecule has 0 saturated carbocycles. The molecule has 0 spiro atoms. The summed E-state index contributed by atoms with van der Waals surface area (Å²) in [5.41, 5.74) is 1.29. The zero-order chi connectivity index (χ0) is 13.1. The molecule has 0 saturated heterocycles. The fourth-order valence-corrected chi connectivity index (χ4v) is 3.20. The molecule has 0 radical (unpaired) electrons. The number of benzene rings is 1. The lowest BCUT2D eigenvalue weighted by Crippen LogP contribution is -2.26. The Labute approximate surface area is 103 Å². The average Bonchev–Trinajstić information content (AvgIpc) is 2.14. The second kappa shape index (κ2) is 4.96. The van der Waals surface area contributed by atoms with Gasteiger partial charge in [-0.2, -0.15) is 0 Å². The minimum atomic E-state index is -3.28. The van der Waals surface area contributed by atoms with Gasteiger partial charge in [0.15, 0.2) is 0 Å². The summed E-state index contributed by atoms with van der Waals surface area (Å²) in [5.74, 6) is 0.105. The minimum Gasteiger partial charge on any atom is -0.388 e. The third kappa shape index (κ3) is 5.08. The summed E-state index contributed by atoms with van der Waals surface area (Å²) >= 11 is 0. The quantitative estimate of drug-likeness (QED) is 0.870. The fraction of sp³-hybridized carbons (Fsp3) is 0.500. The molecule has 2 N–H and O–H groups in total. The Morgan fingerprint density at radius 1 is 1.06 bits per heavy atom. The summed E-state index contributed by atoms with van der Waals surface area (Å²) in [7, 11) is -1.46. The molecule has 1 aromatic carbocycles. The van der Waals surface area contributed by atoms with Gasteiger partial charge in [0.05, 0.1) is 5.75 Å². The van der Waals surface area contributed by atoms with Crippen LogP contribution in [0.5, 0.6) is 0 Å². The van der Waals surface area contributed by atoms with Crippen molar-refractivity contribution < 1.29 is 8.42 Å². The predicted octanol–water partition coefficient (Wildman–Crippen LogP) is 2.52. The van der Waals surface area contributed by atoms with E-state index in [2.05, 4.69) is 10.0 Å². The van der Waals surface area contributed by atoms with Crippen molar-refractivity contribution in [2.24, 2.45) is 5.41 Å². The molecule has 4 nitrogen and oxygen atoms in total. The summed E-state index contributed by atoms with van der Waals surface area (Å²) < 4.78 is 26.3. The monoisotopic (exact) mass is 256 g/mol. The van der Waals surface area contributed by atoms with Gasteiger partial charge in [-0.15, -0.1) is 0 Å². The van der Waals surface area contributed by atoms with Gasteiger partial charge in [0.2, 0.25) is 10.0 Å². The molecule has 0 heterocycles. The lowest BCUT2D eigenvalue weighted by molar-refractivity contribution is 0.463. The van der Waals surface area contributed by atoms with Crippen LogP contribution in [0.2, 0.25) is 0 Å². The largest absolute Gasteiger partial charge is 0.388 e. The van der Waals surface area contributed by atoms with Gasteiger partial charge in [0.25, 0.3) is 0 Å². The lowest BCUT2D eigenvalue weighted by atomic mass is 10.0. The van der Waals surface area contributed by atoms with Gasteiger partial charge in [-0.05, 0) is 29.7 Å². The van der Waals surface area contributed by atoms with Gasteiger partial charge < -0.3 is 5.32 Å². The Morgan fingerprint density at radius 2 is 1.53 bits per heavy atom. The van der Waals surface area contributed by atoms with Gasteiger partial charge in [0.1, 0.15) is 0 Å². The highest BCUT2D eigenvalue weighted by molar-refractivity contribution is 7.92. The van der Waals surface area contributed by atoms with E-state index in [1.165, 1.54) is 0 Å². The van der Waals surface area contributed by atoms with Crippen molar-refractivity contribution in [2.45, 2.75) is 20.8 Å². The average molecular weight is 256 g/mol. The number of anilines is 2. The Hall–Kier alpha value is -1.23. The van der Waals surface area contributed by atoms with Crippen LogP contribution in [0.1, 0.15) is 20.8 Å². The maximum absolute atomic E-state index is 11.8. The molecule has 0 unspecified atom stereocenters. The molecule has 0 bridgehead atoms. The van der Waals surface area contributed by atoms with Crippen molar-refractivity contribution in [1.82, 2.24) is 0 Å².